The van der Waals surface area contributed by atoms with Crippen molar-refractivity contribution >= 4 is 6.09 Å². The van der Waals surface area contributed by atoms with Crippen LogP contribution >= 0.6 is 0 Å². The molecule has 0 unspecified atom stereocenters. The summed E-state index contributed by atoms with van der Waals surface area (Å²) in [6.07, 6.45) is -0.915. The number of rotatable bonds is 1. The van der Waals surface area contributed by atoms with Gasteiger partial charge < -0.3 is 15.2 Å². The van der Waals surface area contributed by atoms with E-state index in [4.69, 9.17) is 0 Å². The summed E-state index contributed by atoms with van der Waals surface area (Å²) in [6.45, 7) is 0.721. The van der Waals surface area contributed by atoms with Crippen molar-refractivity contribution in [2.75, 3.05) is 6.61 Å². The zero-order valence-electron chi connectivity index (χ0n) is 9.04. The fourth-order valence-corrected chi connectivity index (χ4v) is 1.72. The molecule has 1 fully saturated rings. The zero-order valence-corrected chi connectivity index (χ0v) is 9.04. The van der Waals surface area contributed by atoms with E-state index in [1.165, 1.54) is 12.1 Å². The largest absolute Gasteiger partial charge is 0.508 e. The Balaban J connectivity index is 2.42. The molecule has 1 amide bonds. The van der Waals surface area contributed by atoms with E-state index >= 15 is 0 Å². The molecule has 6 heteroatoms. The lowest BCUT2D eigenvalue weighted by molar-refractivity contribution is -0.104. The molecule has 4 nitrogen and oxygen atoms in total. The molecule has 1 aromatic rings. The molecule has 0 bridgehead atoms. The van der Waals surface area contributed by atoms with Crippen LogP contribution in [0.5, 0.6) is 5.75 Å². The van der Waals surface area contributed by atoms with Gasteiger partial charge in [-0.15, -0.1) is 0 Å². The Morgan fingerprint density at radius 1 is 1.53 bits per heavy atom. The molecule has 17 heavy (non-hydrogen) atoms. The Kier molecular flexibility index (Phi) is 2.65. The lowest BCUT2D eigenvalue weighted by Gasteiger charge is -2.32. The first-order valence-electron chi connectivity index (χ1n) is 5.01. The Labute approximate surface area is 96.2 Å². The van der Waals surface area contributed by atoms with Crippen LogP contribution in [-0.4, -0.2) is 23.7 Å². The predicted octanol–water partition coefficient (Wildman–Crippen LogP) is 2.12. The van der Waals surface area contributed by atoms with E-state index in [9.17, 15) is 18.7 Å². The standard InChI is InChI=1S/C11H11F2NO3/c1-6-2-3-8(15)7(4-6)9-11(12,13)5-17-10(16)14-9/h2-4,9,15H,5H2,1H3,(H,14,16)/t9-/m1/s1. The average molecular weight is 243 g/mol. The molecular formula is C11H11F2NO3. The van der Waals surface area contributed by atoms with E-state index in [1.54, 1.807) is 13.0 Å². The van der Waals surface area contributed by atoms with Gasteiger partial charge in [-0.2, -0.15) is 0 Å². The molecule has 1 aliphatic rings. The number of aryl methyl sites for hydroxylation is 1. The molecule has 0 radical (unpaired) electrons. The number of nitrogens with one attached hydrogen (secondary N) is 1. The summed E-state index contributed by atoms with van der Waals surface area (Å²) in [5, 5.41) is 11.6. The van der Waals surface area contributed by atoms with Crippen molar-refractivity contribution < 1.29 is 23.4 Å². The summed E-state index contributed by atoms with van der Waals surface area (Å²) in [6, 6.07) is 2.77. The quantitative estimate of drug-likeness (QED) is 0.794. The predicted molar refractivity (Wildman–Crippen MR) is 55.0 cm³/mol. The second-order valence-electron chi connectivity index (χ2n) is 3.98. The van der Waals surface area contributed by atoms with Crippen LogP contribution in [-0.2, 0) is 4.74 Å². The number of amides is 1. The van der Waals surface area contributed by atoms with Gasteiger partial charge in [0.05, 0.1) is 0 Å². The molecule has 0 aliphatic carbocycles. The van der Waals surface area contributed by atoms with E-state index < -0.39 is 24.7 Å². The van der Waals surface area contributed by atoms with Gasteiger partial charge >= 0.3 is 12.0 Å². The first-order valence-corrected chi connectivity index (χ1v) is 5.01. The van der Waals surface area contributed by atoms with Crippen molar-refractivity contribution in [3.05, 3.63) is 29.3 Å². The number of carbonyl (C=O) groups excluding carboxylic acids is 1. The summed E-state index contributed by atoms with van der Waals surface area (Å²) in [5.74, 6) is -3.53. The smallest absolute Gasteiger partial charge is 0.408 e. The van der Waals surface area contributed by atoms with Gasteiger partial charge in [0.15, 0.2) is 6.61 Å². The summed E-state index contributed by atoms with van der Waals surface area (Å²) in [5.41, 5.74) is 0.709. The maximum absolute atomic E-state index is 13.6. The van der Waals surface area contributed by atoms with Crippen LogP contribution < -0.4 is 5.32 Å². The third kappa shape index (κ3) is 2.15. The van der Waals surface area contributed by atoms with Crippen LogP contribution in [0, 0.1) is 6.92 Å². The van der Waals surface area contributed by atoms with Crippen molar-refractivity contribution in [2.24, 2.45) is 0 Å². The number of ether oxygens (including phenoxy) is 1. The number of alkyl halides is 2. The highest BCUT2D eigenvalue weighted by atomic mass is 19.3. The second kappa shape index (κ2) is 3.87. The van der Waals surface area contributed by atoms with E-state index in [1.807, 2.05) is 5.32 Å². The van der Waals surface area contributed by atoms with Gasteiger partial charge in [-0.05, 0) is 13.0 Å². The van der Waals surface area contributed by atoms with Crippen molar-refractivity contribution in [3.8, 4) is 5.75 Å². The molecule has 0 saturated carbocycles. The minimum absolute atomic E-state index is 0.00773. The number of alkyl carbamates (subject to hydrolysis) is 1. The van der Waals surface area contributed by atoms with Gasteiger partial charge in [0.25, 0.3) is 0 Å². The highest BCUT2D eigenvalue weighted by molar-refractivity contribution is 5.69. The Bertz CT molecular complexity index is 462. The molecule has 1 heterocycles. The number of hydrogen-bond donors (Lipinski definition) is 2. The number of aromatic hydroxyl groups is 1. The van der Waals surface area contributed by atoms with Gasteiger partial charge in [-0.25, -0.2) is 13.6 Å². The van der Waals surface area contributed by atoms with Crippen LogP contribution in [0.25, 0.3) is 0 Å². The van der Waals surface area contributed by atoms with Gasteiger partial charge in [-0.3, -0.25) is 0 Å². The third-order valence-corrected chi connectivity index (χ3v) is 2.57. The van der Waals surface area contributed by atoms with Crippen LogP contribution in [0.4, 0.5) is 13.6 Å². The number of phenols is 1. The molecular weight excluding hydrogens is 232 g/mol. The maximum Gasteiger partial charge on any atom is 0.408 e. The van der Waals surface area contributed by atoms with E-state index in [2.05, 4.69) is 4.74 Å². The molecule has 1 atom stereocenters. The maximum atomic E-state index is 13.6. The topological polar surface area (TPSA) is 58.6 Å². The van der Waals surface area contributed by atoms with Crippen molar-refractivity contribution in [1.82, 2.24) is 5.32 Å². The van der Waals surface area contributed by atoms with E-state index in [0.717, 1.165) is 0 Å². The highest BCUT2D eigenvalue weighted by Crippen LogP contribution is 2.38. The fraction of sp³-hybridized carbons (Fsp3) is 0.364. The summed E-state index contributed by atoms with van der Waals surface area (Å²) in [4.78, 5) is 11.0. The van der Waals surface area contributed by atoms with Crippen LogP contribution in [0.2, 0.25) is 0 Å². The first kappa shape index (κ1) is 11.6. The van der Waals surface area contributed by atoms with Crippen LogP contribution in [0.15, 0.2) is 18.2 Å². The first-order chi connectivity index (χ1) is 7.90. The van der Waals surface area contributed by atoms with E-state index in [0.29, 0.717) is 5.56 Å². The number of benzene rings is 1. The summed E-state index contributed by atoms with van der Waals surface area (Å²) < 4.78 is 31.4. The summed E-state index contributed by atoms with van der Waals surface area (Å²) >= 11 is 0. The fourth-order valence-electron chi connectivity index (χ4n) is 1.72. The Morgan fingerprint density at radius 2 is 2.24 bits per heavy atom. The van der Waals surface area contributed by atoms with Gasteiger partial charge in [-0.1, -0.05) is 17.7 Å². The summed E-state index contributed by atoms with van der Waals surface area (Å²) in [7, 11) is 0. The average Bonchev–Trinajstić information content (AvgIpc) is 2.26. The number of halogens is 2. The second-order valence-corrected chi connectivity index (χ2v) is 3.98. The minimum atomic E-state index is -3.25. The zero-order chi connectivity index (χ0) is 12.6. The monoisotopic (exact) mass is 243 g/mol. The lowest BCUT2D eigenvalue weighted by Crippen LogP contribution is -2.49. The molecule has 2 N–H and O–H groups in total. The molecule has 1 aromatic carbocycles. The van der Waals surface area contributed by atoms with Gasteiger partial charge in [0, 0.05) is 5.56 Å². The van der Waals surface area contributed by atoms with Crippen LogP contribution in [0.1, 0.15) is 17.2 Å². The number of phenolic OH excluding ortho intramolecular Hbond substituents is 1. The van der Waals surface area contributed by atoms with Crippen molar-refractivity contribution in [1.29, 1.82) is 0 Å². The number of hydrogen-bond acceptors (Lipinski definition) is 3. The molecule has 0 aromatic heterocycles. The number of carbonyl (C=O) groups is 1. The molecule has 1 aliphatic heterocycles. The SMILES string of the molecule is Cc1ccc(O)c([C@H]2NC(=O)OCC2(F)F)c1. The lowest BCUT2D eigenvalue weighted by atomic mass is 9.97. The van der Waals surface area contributed by atoms with Crippen molar-refractivity contribution in [2.45, 2.75) is 18.9 Å². The molecule has 0 spiro atoms. The highest BCUT2D eigenvalue weighted by Gasteiger charge is 2.47. The van der Waals surface area contributed by atoms with Crippen LogP contribution in [0.3, 0.4) is 0 Å². The molecule has 92 valence electrons. The van der Waals surface area contributed by atoms with Gasteiger partial charge in [0.1, 0.15) is 11.8 Å². The molecule has 2 rings (SSSR count). The third-order valence-electron chi connectivity index (χ3n) is 2.57. The van der Waals surface area contributed by atoms with E-state index in [-0.39, 0.29) is 11.3 Å². The minimum Gasteiger partial charge on any atom is -0.508 e. The molecule has 1 saturated heterocycles. The Hall–Kier alpha value is -1.85. The Morgan fingerprint density at radius 3 is 2.94 bits per heavy atom. The van der Waals surface area contributed by atoms with Crippen molar-refractivity contribution in [3.63, 3.8) is 0 Å². The number of cyclic esters (lactones) is 1. The normalized spacial score (nSPS) is 22.8. The van der Waals surface area contributed by atoms with Gasteiger partial charge in [0.2, 0.25) is 0 Å².